The molecule has 0 aliphatic rings. The SMILES string of the molecule is C[C@H](OC(=O)/C=C/c1ccc2ccccc2n1)C(=O)N[C@H](C)c1ccc(F)cc1. The van der Waals surface area contributed by atoms with Crippen molar-refractivity contribution in [2.75, 3.05) is 0 Å². The van der Waals surface area contributed by atoms with Crippen molar-refractivity contribution < 1.29 is 18.7 Å². The lowest BCUT2D eigenvalue weighted by Gasteiger charge is -2.17. The van der Waals surface area contributed by atoms with Crippen LogP contribution in [0.5, 0.6) is 0 Å². The second-order valence-corrected chi connectivity index (χ2v) is 6.62. The Labute approximate surface area is 168 Å². The summed E-state index contributed by atoms with van der Waals surface area (Å²) < 4.78 is 18.2. The summed E-state index contributed by atoms with van der Waals surface area (Å²) in [5.41, 5.74) is 2.19. The fourth-order valence-electron chi connectivity index (χ4n) is 2.76. The van der Waals surface area contributed by atoms with E-state index in [4.69, 9.17) is 4.74 Å². The minimum atomic E-state index is -0.973. The standard InChI is InChI=1S/C23H21FN2O3/c1-15(17-7-10-19(24)11-8-17)25-23(28)16(2)29-22(27)14-13-20-12-9-18-5-3-4-6-21(18)26-20/h3-16H,1-2H3,(H,25,28)/b14-13+/t15-,16+/m1/s1. The van der Waals surface area contributed by atoms with Crippen LogP contribution in [-0.4, -0.2) is 23.0 Å². The first-order chi connectivity index (χ1) is 13.9. The zero-order valence-electron chi connectivity index (χ0n) is 16.1. The molecule has 1 heterocycles. The Morgan fingerprint density at radius 2 is 1.76 bits per heavy atom. The summed E-state index contributed by atoms with van der Waals surface area (Å²) in [5.74, 6) is -1.42. The number of benzene rings is 2. The van der Waals surface area contributed by atoms with Crippen LogP contribution in [0.4, 0.5) is 4.39 Å². The normalized spacial score (nSPS) is 13.2. The van der Waals surface area contributed by atoms with E-state index in [1.807, 2.05) is 30.3 Å². The average Bonchev–Trinajstić information content (AvgIpc) is 2.72. The van der Waals surface area contributed by atoms with Crippen LogP contribution in [0.3, 0.4) is 0 Å². The van der Waals surface area contributed by atoms with E-state index in [2.05, 4.69) is 10.3 Å². The quantitative estimate of drug-likeness (QED) is 0.504. The van der Waals surface area contributed by atoms with Crippen molar-refractivity contribution in [3.8, 4) is 0 Å². The molecule has 0 saturated carbocycles. The lowest BCUT2D eigenvalue weighted by Crippen LogP contribution is -2.37. The minimum absolute atomic E-state index is 0.345. The van der Waals surface area contributed by atoms with Gasteiger partial charge in [0.25, 0.3) is 5.91 Å². The molecule has 6 heteroatoms. The Balaban J connectivity index is 1.55. The van der Waals surface area contributed by atoms with Crippen LogP contribution in [0.2, 0.25) is 0 Å². The molecule has 0 saturated heterocycles. The highest BCUT2D eigenvalue weighted by Crippen LogP contribution is 2.14. The molecule has 29 heavy (non-hydrogen) atoms. The third-order valence-corrected chi connectivity index (χ3v) is 4.40. The number of aromatic nitrogens is 1. The lowest BCUT2D eigenvalue weighted by molar-refractivity contribution is -0.150. The van der Waals surface area contributed by atoms with Crippen molar-refractivity contribution >= 4 is 28.9 Å². The highest BCUT2D eigenvalue weighted by molar-refractivity contribution is 5.90. The smallest absolute Gasteiger partial charge is 0.331 e. The first kappa shape index (κ1) is 20.2. The maximum absolute atomic E-state index is 13.0. The third-order valence-electron chi connectivity index (χ3n) is 4.40. The van der Waals surface area contributed by atoms with Gasteiger partial charge < -0.3 is 10.1 Å². The molecule has 0 aliphatic heterocycles. The number of hydrogen-bond donors (Lipinski definition) is 1. The number of ether oxygens (including phenoxy) is 1. The zero-order valence-corrected chi connectivity index (χ0v) is 16.1. The Morgan fingerprint density at radius 1 is 1.03 bits per heavy atom. The van der Waals surface area contributed by atoms with Crippen molar-refractivity contribution in [1.82, 2.24) is 10.3 Å². The molecule has 1 N–H and O–H groups in total. The molecule has 0 bridgehead atoms. The van der Waals surface area contributed by atoms with E-state index < -0.39 is 18.0 Å². The number of carbonyl (C=O) groups is 2. The van der Waals surface area contributed by atoms with Crippen LogP contribution in [0.1, 0.15) is 31.1 Å². The van der Waals surface area contributed by atoms with Gasteiger partial charge in [0, 0.05) is 11.5 Å². The zero-order chi connectivity index (χ0) is 20.8. The highest BCUT2D eigenvalue weighted by Gasteiger charge is 2.19. The first-order valence-corrected chi connectivity index (χ1v) is 9.23. The number of fused-ring (bicyclic) bond motifs is 1. The number of hydrogen-bond acceptors (Lipinski definition) is 4. The Hall–Kier alpha value is -3.54. The fourth-order valence-corrected chi connectivity index (χ4v) is 2.76. The molecule has 3 rings (SSSR count). The highest BCUT2D eigenvalue weighted by atomic mass is 19.1. The van der Waals surface area contributed by atoms with Crippen LogP contribution in [0, 0.1) is 5.82 Å². The average molecular weight is 392 g/mol. The number of amides is 1. The summed E-state index contributed by atoms with van der Waals surface area (Å²) in [6, 6.07) is 16.9. The second kappa shape index (κ2) is 9.10. The molecule has 0 spiro atoms. The molecular formula is C23H21FN2O3. The van der Waals surface area contributed by atoms with Crippen molar-refractivity contribution in [1.29, 1.82) is 0 Å². The monoisotopic (exact) mass is 392 g/mol. The van der Waals surface area contributed by atoms with E-state index in [9.17, 15) is 14.0 Å². The van der Waals surface area contributed by atoms with Gasteiger partial charge in [-0.1, -0.05) is 36.4 Å². The number of pyridine rings is 1. The number of rotatable bonds is 6. The third kappa shape index (κ3) is 5.48. The molecule has 1 amide bonds. The molecule has 2 aromatic carbocycles. The van der Waals surface area contributed by atoms with Gasteiger partial charge >= 0.3 is 5.97 Å². The molecule has 1 aromatic heterocycles. The van der Waals surface area contributed by atoms with Gasteiger partial charge in [0.2, 0.25) is 0 Å². The first-order valence-electron chi connectivity index (χ1n) is 9.23. The minimum Gasteiger partial charge on any atom is -0.449 e. The largest absolute Gasteiger partial charge is 0.449 e. The number of nitrogens with one attached hydrogen (secondary N) is 1. The van der Waals surface area contributed by atoms with Gasteiger partial charge in [-0.3, -0.25) is 4.79 Å². The van der Waals surface area contributed by atoms with E-state index in [1.54, 1.807) is 31.2 Å². The summed E-state index contributed by atoms with van der Waals surface area (Å²) in [7, 11) is 0. The van der Waals surface area contributed by atoms with Gasteiger partial charge in [-0.25, -0.2) is 14.2 Å². The fraction of sp³-hybridized carbons (Fsp3) is 0.174. The van der Waals surface area contributed by atoms with Crippen molar-refractivity contribution in [2.45, 2.75) is 26.0 Å². The van der Waals surface area contributed by atoms with E-state index in [-0.39, 0.29) is 11.9 Å². The molecular weight excluding hydrogens is 371 g/mol. The van der Waals surface area contributed by atoms with E-state index >= 15 is 0 Å². The molecule has 0 fully saturated rings. The van der Waals surface area contributed by atoms with Crippen molar-refractivity contribution in [3.63, 3.8) is 0 Å². The van der Waals surface area contributed by atoms with Crippen LogP contribution in [0.15, 0.2) is 66.7 Å². The molecule has 2 atom stereocenters. The maximum Gasteiger partial charge on any atom is 0.331 e. The van der Waals surface area contributed by atoms with Gasteiger partial charge in [0.1, 0.15) is 5.82 Å². The number of nitrogens with zero attached hydrogens (tertiary/aromatic N) is 1. The van der Waals surface area contributed by atoms with Gasteiger partial charge in [0.05, 0.1) is 17.3 Å². The molecule has 3 aromatic rings. The summed E-state index contributed by atoms with van der Waals surface area (Å²) in [6.07, 6.45) is 1.81. The maximum atomic E-state index is 13.0. The Morgan fingerprint density at radius 3 is 2.52 bits per heavy atom. The molecule has 0 unspecified atom stereocenters. The van der Waals surface area contributed by atoms with E-state index in [0.717, 1.165) is 16.5 Å². The Bertz CT molecular complexity index is 1050. The topological polar surface area (TPSA) is 68.3 Å². The number of carbonyl (C=O) groups excluding carboxylic acids is 2. The number of halogens is 1. The van der Waals surface area contributed by atoms with E-state index in [1.165, 1.54) is 25.1 Å². The summed E-state index contributed by atoms with van der Waals surface area (Å²) >= 11 is 0. The molecule has 5 nitrogen and oxygen atoms in total. The van der Waals surface area contributed by atoms with Gasteiger partial charge in [-0.05, 0) is 49.8 Å². The molecule has 0 radical (unpaired) electrons. The summed E-state index contributed by atoms with van der Waals surface area (Å²) in [6.45, 7) is 3.26. The van der Waals surface area contributed by atoms with Crippen molar-refractivity contribution in [2.24, 2.45) is 0 Å². The van der Waals surface area contributed by atoms with Crippen LogP contribution >= 0.6 is 0 Å². The summed E-state index contributed by atoms with van der Waals surface area (Å²) in [5, 5.41) is 3.75. The summed E-state index contributed by atoms with van der Waals surface area (Å²) in [4.78, 5) is 28.7. The predicted molar refractivity (Wildman–Crippen MR) is 109 cm³/mol. The predicted octanol–water partition coefficient (Wildman–Crippen LogP) is 4.20. The second-order valence-electron chi connectivity index (χ2n) is 6.62. The number of esters is 1. The lowest BCUT2D eigenvalue weighted by atomic mass is 10.1. The molecule has 148 valence electrons. The van der Waals surface area contributed by atoms with Crippen molar-refractivity contribution in [3.05, 3.63) is 83.8 Å². The van der Waals surface area contributed by atoms with E-state index in [0.29, 0.717) is 5.69 Å². The van der Waals surface area contributed by atoms with Gasteiger partial charge in [-0.2, -0.15) is 0 Å². The van der Waals surface area contributed by atoms with Gasteiger partial charge in [0.15, 0.2) is 6.10 Å². The Kier molecular flexibility index (Phi) is 6.34. The molecule has 0 aliphatic carbocycles. The van der Waals surface area contributed by atoms with Crippen LogP contribution in [0.25, 0.3) is 17.0 Å². The van der Waals surface area contributed by atoms with Gasteiger partial charge in [-0.15, -0.1) is 0 Å². The number of para-hydroxylation sites is 1. The van der Waals surface area contributed by atoms with Crippen LogP contribution < -0.4 is 5.32 Å². The van der Waals surface area contributed by atoms with Crippen LogP contribution in [-0.2, 0) is 14.3 Å².